The average Bonchev–Trinajstić information content (AvgIpc) is 3.31. The molecule has 12 heteroatoms. The molecule has 37 heavy (non-hydrogen) atoms. The van der Waals surface area contributed by atoms with Crippen LogP contribution in [-0.4, -0.2) is 35.9 Å². The fraction of sp³-hybridized carbons (Fsp3) is 0.160. The lowest BCUT2D eigenvalue weighted by molar-refractivity contribution is -0.141. The molecule has 0 radical (unpaired) electrons. The maximum Gasteiger partial charge on any atom is 0.435 e. The van der Waals surface area contributed by atoms with Crippen molar-refractivity contribution in [1.29, 1.82) is 0 Å². The van der Waals surface area contributed by atoms with Crippen LogP contribution in [0.3, 0.4) is 0 Å². The van der Waals surface area contributed by atoms with Gasteiger partial charge in [0.1, 0.15) is 0 Å². The SMILES string of the molecule is CCOC(=O)NS(=O)(=O)c1ccc(C)cc1-c1ccc(-n2nc(C(F)(F)F)cc2-c2ccncc2)cc1. The number of halogens is 3. The number of sulfonamides is 1. The fourth-order valence-corrected chi connectivity index (χ4v) is 4.76. The number of carbonyl (C=O) groups excluding carboxylic acids is 1. The number of benzene rings is 2. The van der Waals surface area contributed by atoms with Gasteiger partial charge >= 0.3 is 12.3 Å². The van der Waals surface area contributed by atoms with Gasteiger partial charge in [0.15, 0.2) is 5.69 Å². The Kier molecular flexibility index (Phi) is 7.03. The Hall–Kier alpha value is -4.19. The third kappa shape index (κ3) is 5.64. The fourth-order valence-electron chi connectivity index (χ4n) is 3.66. The Balaban J connectivity index is 1.77. The summed E-state index contributed by atoms with van der Waals surface area (Å²) < 4.78 is 73.8. The van der Waals surface area contributed by atoms with Crippen molar-refractivity contribution in [2.24, 2.45) is 0 Å². The number of ether oxygens (including phenoxy) is 1. The van der Waals surface area contributed by atoms with Gasteiger partial charge in [-0.15, -0.1) is 0 Å². The van der Waals surface area contributed by atoms with E-state index in [-0.39, 0.29) is 17.2 Å². The highest BCUT2D eigenvalue weighted by Crippen LogP contribution is 2.34. The molecule has 4 rings (SSSR count). The summed E-state index contributed by atoms with van der Waals surface area (Å²) in [6, 6.07) is 14.9. The number of amides is 1. The van der Waals surface area contributed by atoms with Gasteiger partial charge < -0.3 is 4.74 Å². The predicted molar refractivity (Wildman–Crippen MR) is 129 cm³/mol. The molecule has 0 saturated carbocycles. The molecule has 0 atom stereocenters. The first-order valence-corrected chi connectivity index (χ1v) is 12.5. The third-order valence-corrected chi connectivity index (χ3v) is 6.69. The zero-order valence-corrected chi connectivity index (χ0v) is 20.5. The first-order chi connectivity index (χ1) is 17.5. The van der Waals surface area contributed by atoms with Crippen LogP contribution in [-0.2, 0) is 20.9 Å². The van der Waals surface area contributed by atoms with Crippen LogP contribution in [0.25, 0.3) is 28.1 Å². The molecular weight excluding hydrogens is 509 g/mol. The number of alkyl halides is 3. The smallest absolute Gasteiger partial charge is 0.435 e. The normalized spacial score (nSPS) is 11.8. The summed E-state index contributed by atoms with van der Waals surface area (Å²) in [5.74, 6) is 0. The van der Waals surface area contributed by atoms with Crippen molar-refractivity contribution in [2.75, 3.05) is 6.61 Å². The van der Waals surface area contributed by atoms with Gasteiger partial charge in [-0.25, -0.2) is 22.6 Å². The van der Waals surface area contributed by atoms with Crippen LogP contribution < -0.4 is 4.72 Å². The first-order valence-electron chi connectivity index (χ1n) is 11.0. The van der Waals surface area contributed by atoms with Gasteiger partial charge in [0.2, 0.25) is 0 Å². The summed E-state index contributed by atoms with van der Waals surface area (Å²) >= 11 is 0. The molecule has 4 aromatic rings. The lowest BCUT2D eigenvalue weighted by Crippen LogP contribution is -2.31. The van der Waals surface area contributed by atoms with Gasteiger partial charge in [0, 0.05) is 23.5 Å². The van der Waals surface area contributed by atoms with Crippen LogP contribution in [0.1, 0.15) is 18.2 Å². The van der Waals surface area contributed by atoms with E-state index in [2.05, 4.69) is 14.8 Å². The molecule has 192 valence electrons. The molecule has 0 aliphatic carbocycles. The van der Waals surface area contributed by atoms with E-state index < -0.39 is 28.0 Å². The summed E-state index contributed by atoms with van der Waals surface area (Å²) in [5.41, 5.74) is 1.49. The predicted octanol–water partition coefficient (Wildman–Crippen LogP) is 5.36. The summed E-state index contributed by atoms with van der Waals surface area (Å²) in [6.45, 7) is 3.31. The topological polar surface area (TPSA) is 103 Å². The van der Waals surface area contributed by atoms with Gasteiger partial charge in [-0.2, -0.15) is 18.3 Å². The number of aryl methyl sites for hydroxylation is 1. The van der Waals surface area contributed by atoms with Crippen LogP contribution in [0.5, 0.6) is 0 Å². The number of nitrogens with one attached hydrogen (secondary N) is 1. The highest BCUT2D eigenvalue weighted by Gasteiger charge is 2.35. The Morgan fingerprint density at radius 1 is 1.00 bits per heavy atom. The van der Waals surface area contributed by atoms with E-state index in [1.807, 2.05) is 4.72 Å². The van der Waals surface area contributed by atoms with E-state index in [9.17, 15) is 26.4 Å². The van der Waals surface area contributed by atoms with Gasteiger partial charge in [-0.1, -0.05) is 29.8 Å². The lowest BCUT2D eigenvalue weighted by atomic mass is 10.0. The van der Waals surface area contributed by atoms with Gasteiger partial charge in [-0.05, 0) is 55.8 Å². The van der Waals surface area contributed by atoms with Crippen molar-refractivity contribution >= 4 is 16.1 Å². The van der Waals surface area contributed by atoms with Crippen LogP contribution in [0.2, 0.25) is 0 Å². The molecule has 0 unspecified atom stereocenters. The van der Waals surface area contributed by atoms with Crippen molar-refractivity contribution in [3.05, 3.63) is 84.3 Å². The highest BCUT2D eigenvalue weighted by molar-refractivity contribution is 7.90. The molecule has 0 aliphatic heterocycles. The second-order valence-corrected chi connectivity index (χ2v) is 9.58. The Labute approximate surface area is 210 Å². The molecule has 0 spiro atoms. The zero-order valence-electron chi connectivity index (χ0n) is 19.7. The molecule has 1 N–H and O–H groups in total. The number of carbonyl (C=O) groups is 1. The van der Waals surface area contributed by atoms with Crippen LogP contribution >= 0.6 is 0 Å². The van der Waals surface area contributed by atoms with Crippen molar-refractivity contribution in [3.63, 3.8) is 0 Å². The van der Waals surface area contributed by atoms with E-state index in [1.54, 1.807) is 50.2 Å². The molecule has 0 aliphatic rings. The molecular formula is C25H21F3N4O4S. The molecule has 2 aromatic heterocycles. The molecule has 1 amide bonds. The maximum atomic E-state index is 13.4. The maximum absolute atomic E-state index is 13.4. The van der Waals surface area contributed by atoms with E-state index >= 15 is 0 Å². The Bertz CT molecular complexity index is 1530. The van der Waals surface area contributed by atoms with Crippen LogP contribution in [0.4, 0.5) is 18.0 Å². The first kappa shape index (κ1) is 25.9. The molecule has 2 aromatic carbocycles. The number of hydrogen-bond acceptors (Lipinski definition) is 6. The van der Waals surface area contributed by atoms with Crippen LogP contribution in [0, 0.1) is 6.92 Å². The monoisotopic (exact) mass is 530 g/mol. The molecule has 2 heterocycles. The van der Waals surface area contributed by atoms with Crippen molar-refractivity contribution in [1.82, 2.24) is 19.5 Å². The number of rotatable bonds is 6. The van der Waals surface area contributed by atoms with E-state index in [0.29, 0.717) is 22.4 Å². The minimum Gasteiger partial charge on any atom is -0.449 e. The number of nitrogens with zero attached hydrogens (tertiary/aromatic N) is 3. The van der Waals surface area contributed by atoms with Crippen molar-refractivity contribution < 1.29 is 31.1 Å². The number of pyridine rings is 1. The highest BCUT2D eigenvalue weighted by atomic mass is 32.2. The van der Waals surface area contributed by atoms with E-state index in [0.717, 1.165) is 16.3 Å². The largest absolute Gasteiger partial charge is 0.449 e. The van der Waals surface area contributed by atoms with Gasteiger partial charge in [0.05, 0.1) is 22.9 Å². The van der Waals surface area contributed by atoms with Gasteiger partial charge in [-0.3, -0.25) is 4.98 Å². The minimum atomic E-state index is -4.65. The number of hydrogen-bond donors (Lipinski definition) is 1. The molecule has 0 saturated heterocycles. The zero-order chi connectivity index (χ0) is 26.8. The summed E-state index contributed by atoms with van der Waals surface area (Å²) in [5, 5.41) is 3.77. The van der Waals surface area contributed by atoms with E-state index in [4.69, 9.17) is 0 Å². The molecule has 0 fully saturated rings. The minimum absolute atomic E-state index is 0.00542. The average molecular weight is 531 g/mol. The summed E-state index contributed by atoms with van der Waals surface area (Å²) in [6.07, 6.45) is -2.82. The standard InChI is InChI=1S/C25H21F3N4O4S/c1-3-36-24(33)31-37(34,35)22-9-4-16(2)14-20(22)17-5-7-19(8-6-17)32-21(18-10-12-29-13-11-18)15-23(30-32)25(26,27)28/h4-15H,3H2,1-2H3,(H,31,33). The van der Waals surface area contributed by atoms with Crippen molar-refractivity contribution in [2.45, 2.75) is 24.9 Å². The second kappa shape index (κ2) is 10.1. The van der Waals surface area contributed by atoms with E-state index in [1.165, 1.54) is 30.6 Å². The quantitative estimate of drug-likeness (QED) is 0.360. The Morgan fingerprint density at radius 3 is 2.30 bits per heavy atom. The summed E-state index contributed by atoms with van der Waals surface area (Å²) in [4.78, 5) is 15.5. The number of aromatic nitrogens is 3. The summed E-state index contributed by atoms with van der Waals surface area (Å²) in [7, 11) is -4.27. The molecule has 0 bridgehead atoms. The third-order valence-electron chi connectivity index (χ3n) is 5.32. The second-order valence-electron chi connectivity index (χ2n) is 7.93. The van der Waals surface area contributed by atoms with Gasteiger partial charge in [0.25, 0.3) is 10.0 Å². The Morgan fingerprint density at radius 2 is 1.68 bits per heavy atom. The van der Waals surface area contributed by atoms with Crippen molar-refractivity contribution in [3.8, 4) is 28.1 Å². The lowest BCUT2D eigenvalue weighted by Gasteiger charge is -2.14. The van der Waals surface area contributed by atoms with Crippen LogP contribution in [0.15, 0.2) is 78.0 Å². The molecule has 8 nitrogen and oxygen atoms in total.